The molecule has 3 amide bonds. The molecule has 0 unspecified atom stereocenters. The number of alkyl halides is 3. The van der Waals surface area contributed by atoms with Gasteiger partial charge in [-0.05, 0) is 43.5 Å². The van der Waals surface area contributed by atoms with Crippen molar-refractivity contribution in [1.29, 1.82) is 0 Å². The van der Waals surface area contributed by atoms with Gasteiger partial charge in [0, 0.05) is 37.8 Å². The number of urea groups is 1. The minimum absolute atomic E-state index is 0.112. The second kappa shape index (κ2) is 8.84. The molecule has 0 spiro atoms. The van der Waals surface area contributed by atoms with Gasteiger partial charge in [0.1, 0.15) is 0 Å². The summed E-state index contributed by atoms with van der Waals surface area (Å²) in [4.78, 5) is 28.7. The van der Waals surface area contributed by atoms with E-state index in [4.69, 9.17) is 0 Å². The van der Waals surface area contributed by atoms with E-state index < -0.39 is 11.7 Å². The van der Waals surface area contributed by atoms with Crippen LogP contribution in [0.15, 0.2) is 24.3 Å². The number of rotatable bonds is 2. The van der Waals surface area contributed by atoms with Crippen LogP contribution in [0.5, 0.6) is 0 Å². The van der Waals surface area contributed by atoms with Gasteiger partial charge in [0.25, 0.3) is 0 Å². The molecule has 2 aliphatic rings. The van der Waals surface area contributed by atoms with Crippen molar-refractivity contribution in [2.24, 2.45) is 5.92 Å². The first kappa shape index (κ1) is 20.5. The Kier molecular flexibility index (Phi) is 6.46. The van der Waals surface area contributed by atoms with Crippen LogP contribution in [-0.4, -0.2) is 47.9 Å². The molecule has 1 aliphatic heterocycles. The van der Waals surface area contributed by atoms with Gasteiger partial charge >= 0.3 is 12.2 Å². The number of benzene rings is 1. The van der Waals surface area contributed by atoms with Crippen molar-refractivity contribution in [1.82, 2.24) is 9.80 Å². The van der Waals surface area contributed by atoms with Crippen LogP contribution in [0.25, 0.3) is 0 Å². The lowest BCUT2D eigenvalue weighted by molar-refractivity contribution is -0.138. The topological polar surface area (TPSA) is 52.7 Å². The Morgan fingerprint density at radius 3 is 2.11 bits per heavy atom. The van der Waals surface area contributed by atoms with Crippen molar-refractivity contribution in [3.05, 3.63) is 29.8 Å². The lowest BCUT2D eigenvalue weighted by atomic mass is 9.88. The average Bonchev–Trinajstić information content (AvgIpc) is 2.94. The fourth-order valence-corrected chi connectivity index (χ4v) is 3.89. The van der Waals surface area contributed by atoms with Crippen LogP contribution < -0.4 is 5.32 Å². The van der Waals surface area contributed by atoms with E-state index in [0.29, 0.717) is 38.3 Å². The molecule has 0 bridgehead atoms. The molecule has 154 valence electrons. The van der Waals surface area contributed by atoms with E-state index in [9.17, 15) is 22.8 Å². The molecule has 1 aromatic rings. The molecule has 1 saturated carbocycles. The molecule has 1 aromatic carbocycles. The maximum Gasteiger partial charge on any atom is 0.416 e. The highest BCUT2D eigenvalue weighted by Crippen LogP contribution is 2.30. The summed E-state index contributed by atoms with van der Waals surface area (Å²) < 4.78 is 37.9. The predicted octanol–water partition coefficient (Wildman–Crippen LogP) is 4.35. The van der Waals surface area contributed by atoms with Crippen molar-refractivity contribution in [2.75, 3.05) is 31.5 Å². The summed E-state index contributed by atoms with van der Waals surface area (Å²) in [5.74, 6) is 0.311. The normalized spacial score (nSPS) is 19.2. The zero-order valence-corrected chi connectivity index (χ0v) is 15.8. The molecule has 3 rings (SSSR count). The zero-order chi connectivity index (χ0) is 20.1. The summed E-state index contributed by atoms with van der Waals surface area (Å²) in [6, 6.07) is 4.03. The van der Waals surface area contributed by atoms with Crippen LogP contribution in [0.4, 0.5) is 23.7 Å². The molecule has 8 heteroatoms. The molecule has 0 atom stereocenters. The maximum absolute atomic E-state index is 12.7. The smallest absolute Gasteiger partial charge is 0.341 e. The molecule has 0 aromatic heterocycles. The Bertz CT molecular complexity index is 685. The van der Waals surface area contributed by atoms with Gasteiger partial charge in [0.05, 0.1) is 5.56 Å². The van der Waals surface area contributed by atoms with Gasteiger partial charge in [0.15, 0.2) is 0 Å². The second-order valence-electron chi connectivity index (χ2n) is 7.51. The molecule has 1 aliphatic carbocycles. The van der Waals surface area contributed by atoms with E-state index in [1.54, 1.807) is 4.90 Å². The summed E-state index contributed by atoms with van der Waals surface area (Å²) >= 11 is 0. The fourth-order valence-electron chi connectivity index (χ4n) is 3.89. The van der Waals surface area contributed by atoms with Crippen LogP contribution in [-0.2, 0) is 11.0 Å². The van der Waals surface area contributed by atoms with Gasteiger partial charge in [-0.15, -0.1) is 0 Å². The standard InChI is InChI=1S/C20H26F3N3O2/c21-20(22,23)16-7-9-17(10-8-16)24-19(28)26-12-4-11-25(13-14-26)18(27)15-5-2-1-3-6-15/h7-10,15H,1-6,11-14H2,(H,24,28). The van der Waals surface area contributed by atoms with Crippen molar-refractivity contribution < 1.29 is 22.8 Å². The first-order valence-corrected chi connectivity index (χ1v) is 9.86. The third-order valence-corrected chi connectivity index (χ3v) is 5.51. The number of amides is 3. The minimum Gasteiger partial charge on any atom is -0.341 e. The maximum atomic E-state index is 12.7. The lowest BCUT2D eigenvalue weighted by Crippen LogP contribution is -2.41. The van der Waals surface area contributed by atoms with E-state index in [0.717, 1.165) is 37.8 Å². The number of halogens is 3. The fraction of sp³-hybridized carbons (Fsp3) is 0.600. The summed E-state index contributed by atoms with van der Waals surface area (Å²) in [5, 5.41) is 2.64. The van der Waals surface area contributed by atoms with Crippen molar-refractivity contribution in [3.8, 4) is 0 Å². The minimum atomic E-state index is -4.40. The highest BCUT2D eigenvalue weighted by atomic mass is 19.4. The summed E-state index contributed by atoms with van der Waals surface area (Å²) in [7, 11) is 0. The summed E-state index contributed by atoms with van der Waals surface area (Å²) in [5.41, 5.74) is -0.436. The molecule has 1 heterocycles. The van der Waals surface area contributed by atoms with Crippen LogP contribution in [0.2, 0.25) is 0 Å². The molecule has 1 N–H and O–H groups in total. The van der Waals surface area contributed by atoms with E-state index in [-0.39, 0.29) is 17.9 Å². The Labute approximate surface area is 162 Å². The monoisotopic (exact) mass is 397 g/mol. The predicted molar refractivity (Wildman–Crippen MR) is 99.8 cm³/mol. The van der Waals surface area contributed by atoms with Gasteiger partial charge < -0.3 is 15.1 Å². The third-order valence-electron chi connectivity index (χ3n) is 5.51. The van der Waals surface area contributed by atoms with E-state index in [1.165, 1.54) is 18.6 Å². The number of carbonyl (C=O) groups is 2. The molecular weight excluding hydrogens is 371 g/mol. The molecule has 2 fully saturated rings. The highest BCUT2D eigenvalue weighted by Gasteiger charge is 2.30. The summed E-state index contributed by atoms with van der Waals surface area (Å²) in [6.07, 6.45) is 1.60. The second-order valence-corrected chi connectivity index (χ2v) is 7.51. The third kappa shape index (κ3) is 5.17. The molecule has 0 radical (unpaired) electrons. The number of hydrogen-bond donors (Lipinski definition) is 1. The largest absolute Gasteiger partial charge is 0.416 e. The van der Waals surface area contributed by atoms with E-state index >= 15 is 0 Å². The van der Waals surface area contributed by atoms with Crippen molar-refractivity contribution in [2.45, 2.75) is 44.7 Å². The van der Waals surface area contributed by atoms with Crippen LogP contribution in [0.3, 0.4) is 0 Å². The van der Waals surface area contributed by atoms with Gasteiger partial charge in [0.2, 0.25) is 5.91 Å². The Hall–Kier alpha value is -2.25. The Morgan fingerprint density at radius 1 is 0.857 bits per heavy atom. The average molecular weight is 397 g/mol. The van der Waals surface area contributed by atoms with Gasteiger partial charge in [-0.3, -0.25) is 4.79 Å². The zero-order valence-electron chi connectivity index (χ0n) is 15.8. The molecule has 1 saturated heterocycles. The first-order valence-electron chi connectivity index (χ1n) is 9.86. The highest BCUT2D eigenvalue weighted by molar-refractivity contribution is 5.89. The molecule has 28 heavy (non-hydrogen) atoms. The number of hydrogen-bond acceptors (Lipinski definition) is 2. The van der Waals surface area contributed by atoms with E-state index in [2.05, 4.69) is 5.32 Å². The number of carbonyl (C=O) groups excluding carboxylic acids is 2. The van der Waals surface area contributed by atoms with Crippen molar-refractivity contribution >= 4 is 17.6 Å². The lowest BCUT2D eigenvalue weighted by Gasteiger charge is -2.28. The van der Waals surface area contributed by atoms with Gasteiger partial charge in [-0.2, -0.15) is 13.2 Å². The SMILES string of the molecule is O=C(Nc1ccc(C(F)(F)F)cc1)N1CCCN(C(=O)C2CCCCC2)CC1. The number of nitrogens with one attached hydrogen (secondary N) is 1. The molecular formula is C20H26F3N3O2. The quantitative estimate of drug-likeness (QED) is 0.807. The Morgan fingerprint density at radius 2 is 1.46 bits per heavy atom. The van der Waals surface area contributed by atoms with E-state index in [1.807, 2.05) is 4.90 Å². The van der Waals surface area contributed by atoms with Gasteiger partial charge in [-0.25, -0.2) is 4.79 Å². The molecule has 5 nitrogen and oxygen atoms in total. The van der Waals surface area contributed by atoms with Gasteiger partial charge in [-0.1, -0.05) is 19.3 Å². The first-order chi connectivity index (χ1) is 13.3. The van der Waals surface area contributed by atoms with Crippen LogP contribution >= 0.6 is 0 Å². The van der Waals surface area contributed by atoms with Crippen LogP contribution in [0, 0.1) is 5.92 Å². The number of nitrogens with zero attached hydrogens (tertiary/aromatic N) is 2. The van der Waals surface area contributed by atoms with Crippen molar-refractivity contribution in [3.63, 3.8) is 0 Å². The number of anilines is 1. The summed E-state index contributed by atoms with van der Waals surface area (Å²) in [6.45, 7) is 2.07. The van der Waals surface area contributed by atoms with Crippen LogP contribution in [0.1, 0.15) is 44.1 Å². The Balaban J connectivity index is 1.53.